The molecule has 1 saturated carbocycles. The molecule has 1 aliphatic carbocycles. The zero-order chi connectivity index (χ0) is 23.0. The summed E-state index contributed by atoms with van der Waals surface area (Å²) in [6.07, 6.45) is 7.90. The molecule has 7 heteroatoms. The number of fused-ring (bicyclic) bond motifs is 3. The number of pyridine rings is 2. The Morgan fingerprint density at radius 3 is 2.76 bits per heavy atom. The van der Waals surface area contributed by atoms with Gasteiger partial charge in [0.1, 0.15) is 11.5 Å². The van der Waals surface area contributed by atoms with Gasteiger partial charge < -0.3 is 10.6 Å². The van der Waals surface area contributed by atoms with E-state index in [0.717, 1.165) is 33.2 Å². The molecule has 1 atom stereocenters. The van der Waals surface area contributed by atoms with Crippen molar-refractivity contribution in [2.45, 2.75) is 31.7 Å². The summed E-state index contributed by atoms with van der Waals surface area (Å²) in [6, 6.07) is 13.3. The van der Waals surface area contributed by atoms with Crippen molar-refractivity contribution >= 4 is 34.2 Å². The predicted molar refractivity (Wildman–Crippen MR) is 127 cm³/mol. The average molecular weight is 438 g/mol. The van der Waals surface area contributed by atoms with Gasteiger partial charge in [-0.15, -0.1) is 0 Å². The minimum atomic E-state index is -0.732. The van der Waals surface area contributed by atoms with Crippen molar-refractivity contribution in [3.8, 4) is 0 Å². The molecule has 1 fully saturated rings. The molecule has 1 spiro atoms. The van der Waals surface area contributed by atoms with Crippen LogP contribution in [0.4, 0.5) is 5.82 Å². The van der Waals surface area contributed by atoms with E-state index < -0.39 is 11.3 Å². The Bertz CT molecular complexity index is 1370. The quantitative estimate of drug-likeness (QED) is 0.539. The van der Waals surface area contributed by atoms with Crippen LogP contribution < -0.4 is 10.6 Å². The highest BCUT2D eigenvalue weighted by Gasteiger charge is 2.52. The minimum absolute atomic E-state index is 0.0838. The van der Waals surface area contributed by atoms with Gasteiger partial charge in [0.25, 0.3) is 5.91 Å². The molecule has 2 aliphatic rings. The number of hydrogen-bond acceptors (Lipinski definition) is 5. The van der Waals surface area contributed by atoms with Crippen LogP contribution in [0.5, 0.6) is 0 Å². The summed E-state index contributed by atoms with van der Waals surface area (Å²) in [5, 5.41) is 15.1. The zero-order valence-corrected chi connectivity index (χ0v) is 18.2. The second-order valence-corrected chi connectivity index (χ2v) is 8.36. The lowest BCUT2D eigenvalue weighted by Crippen LogP contribution is -2.31. The van der Waals surface area contributed by atoms with Crippen LogP contribution in [0.15, 0.2) is 78.2 Å². The highest BCUT2D eigenvalue weighted by atomic mass is 16.2. The fourth-order valence-electron chi connectivity index (χ4n) is 4.79. The number of nitrogens with one attached hydrogen (secondary N) is 3. The summed E-state index contributed by atoms with van der Waals surface area (Å²) >= 11 is 0. The molecule has 5 rings (SSSR count). The molecule has 0 bridgehead atoms. The topological polar surface area (TPSA) is 108 Å². The van der Waals surface area contributed by atoms with Crippen molar-refractivity contribution in [3.05, 3.63) is 89.3 Å². The van der Waals surface area contributed by atoms with Gasteiger partial charge >= 0.3 is 0 Å². The first kappa shape index (κ1) is 20.8. The number of anilines is 1. The van der Waals surface area contributed by atoms with Crippen molar-refractivity contribution in [1.82, 2.24) is 15.3 Å². The van der Waals surface area contributed by atoms with Gasteiger partial charge in [-0.2, -0.15) is 0 Å². The number of amides is 2. The van der Waals surface area contributed by atoms with Gasteiger partial charge in [0.2, 0.25) is 5.91 Å². The lowest BCUT2D eigenvalue weighted by molar-refractivity contribution is -0.120. The van der Waals surface area contributed by atoms with E-state index in [9.17, 15) is 9.59 Å². The molecule has 1 aliphatic heterocycles. The highest BCUT2D eigenvalue weighted by Crippen LogP contribution is 2.52. The van der Waals surface area contributed by atoms with Crippen LogP contribution in [0.2, 0.25) is 0 Å². The molecular formula is C26H23N5O2. The number of aromatic nitrogens is 2. The molecule has 3 aromatic rings. The van der Waals surface area contributed by atoms with Crippen molar-refractivity contribution < 1.29 is 9.59 Å². The van der Waals surface area contributed by atoms with Gasteiger partial charge in [-0.3, -0.25) is 20.0 Å². The average Bonchev–Trinajstić information content (AvgIpc) is 3.34. The van der Waals surface area contributed by atoms with E-state index in [0.29, 0.717) is 25.2 Å². The summed E-state index contributed by atoms with van der Waals surface area (Å²) < 4.78 is 0. The third-order valence-electron chi connectivity index (χ3n) is 6.47. The summed E-state index contributed by atoms with van der Waals surface area (Å²) in [5.74, 6) is 0.0498. The van der Waals surface area contributed by atoms with Crippen LogP contribution >= 0.6 is 0 Å². The number of carbonyl (C=O) groups is 2. The number of nitrogens with zero attached hydrogens (tertiary/aromatic N) is 2. The normalized spacial score (nSPS) is 21.5. The van der Waals surface area contributed by atoms with Crippen LogP contribution in [-0.2, 0) is 21.5 Å². The fraction of sp³-hybridized carbons (Fsp3) is 0.192. The lowest BCUT2D eigenvalue weighted by atomic mass is 9.80. The fourth-order valence-corrected chi connectivity index (χ4v) is 4.79. The maximum absolute atomic E-state index is 12.9. The Morgan fingerprint density at radius 2 is 1.91 bits per heavy atom. The molecule has 1 aromatic carbocycles. The molecule has 7 nitrogen and oxygen atoms in total. The first-order valence-electron chi connectivity index (χ1n) is 10.8. The molecule has 164 valence electrons. The van der Waals surface area contributed by atoms with E-state index in [-0.39, 0.29) is 11.6 Å². The Morgan fingerprint density at radius 1 is 1.12 bits per heavy atom. The maximum atomic E-state index is 12.9. The minimum Gasteiger partial charge on any atom is -0.347 e. The van der Waals surface area contributed by atoms with Crippen molar-refractivity contribution in [2.75, 3.05) is 5.32 Å². The highest BCUT2D eigenvalue weighted by molar-refractivity contribution is 6.42. The molecule has 33 heavy (non-hydrogen) atoms. The number of carbonyl (C=O) groups excluding carboxylic acids is 2. The molecule has 2 amide bonds. The molecule has 1 unspecified atom stereocenters. The Hall–Kier alpha value is -4.13. The van der Waals surface area contributed by atoms with Gasteiger partial charge in [-0.1, -0.05) is 30.3 Å². The van der Waals surface area contributed by atoms with Crippen LogP contribution in [-0.4, -0.2) is 27.5 Å². The lowest BCUT2D eigenvalue weighted by Gasteiger charge is -2.19. The predicted octanol–water partition coefficient (Wildman–Crippen LogP) is 3.82. The van der Waals surface area contributed by atoms with E-state index in [1.807, 2.05) is 55.5 Å². The smallest absolute Gasteiger partial charge is 0.269 e. The standard InChI is InChI=1S/C26H23N5O2/c1-2-16-13-26(20-8-5-11-29-23(20)31-25(26)33)14-18(16)12-21(27)24(32)30-15-17-6-3-9-22-19(17)7-4-10-28-22/h2-12,27H,13-15H2,1H3,(H,30,32)(H,29,31,33)/b16-2-,18-12-,27-21?. The van der Waals surface area contributed by atoms with Crippen LogP contribution in [0, 0.1) is 5.41 Å². The molecule has 3 heterocycles. The third kappa shape index (κ3) is 3.51. The van der Waals surface area contributed by atoms with Crippen LogP contribution in [0.25, 0.3) is 10.9 Å². The van der Waals surface area contributed by atoms with Gasteiger partial charge in [-0.25, -0.2) is 4.98 Å². The van der Waals surface area contributed by atoms with Crippen molar-refractivity contribution in [2.24, 2.45) is 0 Å². The number of hydrogen-bond donors (Lipinski definition) is 3. The monoisotopic (exact) mass is 437 g/mol. The Kier molecular flexibility index (Phi) is 5.09. The number of benzene rings is 1. The maximum Gasteiger partial charge on any atom is 0.269 e. The molecular weight excluding hydrogens is 414 g/mol. The number of allylic oxidation sites excluding steroid dienone is 3. The van der Waals surface area contributed by atoms with Gasteiger partial charge in [-0.05, 0) is 60.8 Å². The largest absolute Gasteiger partial charge is 0.347 e. The first-order valence-corrected chi connectivity index (χ1v) is 10.8. The molecule has 2 aromatic heterocycles. The Balaban J connectivity index is 1.35. The third-order valence-corrected chi connectivity index (χ3v) is 6.47. The van der Waals surface area contributed by atoms with E-state index in [4.69, 9.17) is 5.41 Å². The van der Waals surface area contributed by atoms with Gasteiger partial charge in [0.05, 0.1) is 10.9 Å². The zero-order valence-electron chi connectivity index (χ0n) is 18.2. The van der Waals surface area contributed by atoms with E-state index in [1.54, 1.807) is 18.5 Å². The molecule has 0 saturated heterocycles. The van der Waals surface area contributed by atoms with Crippen molar-refractivity contribution in [3.63, 3.8) is 0 Å². The SMILES string of the molecule is C/C=C1/CC2(C/C1=C/C(=N)C(=O)NCc1cccc3ncccc13)C(=O)Nc1ncccc12. The second-order valence-electron chi connectivity index (χ2n) is 8.36. The van der Waals surface area contributed by atoms with Crippen LogP contribution in [0.1, 0.15) is 30.9 Å². The van der Waals surface area contributed by atoms with E-state index in [2.05, 4.69) is 20.6 Å². The van der Waals surface area contributed by atoms with Crippen LogP contribution in [0.3, 0.4) is 0 Å². The summed E-state index contributed by atoms with van der Waals surface area (Å²) in [4.78, 5) is 34.2. The second kappa shape index (κ2) is 8.09. The Labute approximate surface area is 191 Å². The first-order chi connectivity index (χ1) is 16.0. The molecule has 0 radical (unpaired) electrons. The van der Waals surface area contributed by atoms with Gasteiger partial charge in [0, 0.05) is 29.9 Å². The summed E-state index contributed by atoms with van der Waals surface area (Å²) in [6.45, 7) is 2.22. The summed E-state index contributed by atoms with van der Waals surface area (Å²) in [5.41, 5.74) is 3.61. The molecule has 3 N–H and O–H groups in total. The van der Waals surface area contributed by atoms with Gasteiger partial charge in [0.15, 0.2) is 0 Å². The number of rotatable bonds is 4. The van der Waals surface area contributed by atoms with Crippen molar-refractivity contribution in [1.29, 1.82) is 5.41 Å². The summed E-state index contributed by atoms with van der Waals surface area (Å²) in [7, 11) is 0. The van der Waals surface area contributed by atoms with E-state index >= 15 is 0 Å². The van der Waals surface area contributed by atoms with E-state index in [1.165, 1.54) is 0 Å².